The van der Waals surface area contributed by atoms with E-state index in [1.807, 2.05) is 0 Å². The number of carbonyl (C=O) groups excluding carboxylic acids is 1. The van der Waals surface area contributed by atoms with Gasteiger partial charge in [-0.15, -0.1) is 10.2 Å². The lowest BCUT2D eigenvalue weighted by molar-refractivity contribution is -0.115. The third-order valence-corrected chi connectivity index (χ3v) is 3.45. The zero-order valence-electron chi connectivity index (χ0n) is 11.6. The monoisotopic (exact) mass is 310 g/mol. The highest BCUT2D eigenvalue weighted by Gasteiger charge is 2.17. The maximum Gasteiger partial charge on any atom is 0.240 e. The third-order valence-electron chi connectivity index (χ3n) is 2.84. The topological polar surface area (TPSA) is 76.1 Å². The van der Waals surface area contributed by atoms with Crippen LogP contribution in [0.5, 0.6) is 5.75 Å². The fourth-order valence-corrected chi connectivity index (χ4v) is 2.32. The van der Waals surface area contributed by atoms with Crippen LogP contribution in [0.4, 0.5) is 9.52 Å². The van der Waals surface area contributed by atoms with Crippen LogP contribution in [-0.2, 0) is 4.79 Å². The number of hydrogen-bond acceptors (Lipinski definition) is 6. The molecule has 1 heterocycles. The molecule has 1 aromatic carbocycles. The first-order valence-electron chi connectivity index (χ1n) is 6.23. The minimum atomic E-state index is -0.376. The molecule has 0 saturated carbocycles. The Labute approximate surface area is 125 Å². The first kappa shape index (κ1) is 15.3. The highest BCUT2D eigenvalue weighted by atomic mass is 32.1. The van der Waals surface area contributed by atoms with Crippen molar-refractivity contribution in [2.24, 2.45) is 0 Å². The smallest absolute Gasteiger partial charge is 0.240 e. The summed E-state index contributed by atoms with van der Waals surface area (Å²) in [7, 11) is 1.48. The van der Waals surface area contributed by atoms with Crippen molar-refractivity contribution in [3.63, 3.8) is 0 Å². The van der Waals surface area contributed by atoms with Gasteiger partial charge in [0.1, 0.15) is 17.1 Å². The fourth-order valence-electron chi connectivity index (χ4n) is 1.85. The Hall–Kier alpha value is -2.06. The zero-order chi connectivity index (χ0) is 15.2. The van der Waals surface area contributed by atoms with Crippen molar-refractivity contribution >= 4 is 22.4 Å². The summed E-state index contributed by atoms with van der Waals surface area (Å²) in [5, 5.41) is 13.3. The molecule has 0 fully saturated rings. The molecule has 0 radical (unpaired) electrons. The van der Waals surface area contributed by atoms with Crippen LogP contribution in [0.1, 0.15) is 18.5 Å². The second-order valence-corrected chi connectivity index (χ2v) is 5.08. The van der Waals surface area contributed by atoms with Gasteiger partial charge in [-0.3, -0.25) is 10.1 Å². The number of rotatable bonds is 6. The number of halogens is 1. The van der Waals surface area contributed by atoms with Gasteiger partial charge in [0, 0.05) is 11.6 Å². The Morgan fingerprint density at radius 3 is 3.00 bits per heavy atom. The van der Waals surface area contributed by atoms with Gasteiger partial charge in [-0.1, -0.05) is 17.4 Å². The van der Waals surface area contributed by atoms with Gasteiger partial charge in [0.05, 0.1) is 13.7 Å². The highest BCUT2D eigenvalue weighted by Crippen LogP contribution is 2.27. The van der Waals surface area contributed by atoms with E-state index in [1.165, 1.54) is 30.0 Å². The van der Waals surface area contributed by atoms with Gasteiger partial charge in [0.2, 0.25) is 11.0 Å². The normalized spacial score (nSPS) is 12.0. The largest absolute Gasteiger partial charge is 0.496 e. The van der Waals surface area contributed by atoms with Crippen LogP contribution in [0.2, 0.25) is 0 Å². The number of anilines is 1. The molecule has 21 heavy (non-hydrogen) atoms. The molecule has 2 rings (SSSR count). The molecular weight excluding hydrogens is 295 g/mol. The van der Waals surface area contributed by atoms with E-state index in [2.05, 4.69) is 20.8 Å². The van der Waals surface area contributed by atoms with E-state index in [4.69, 9.17) is 4.74 Å². The summed E-state index contributed by atoms with van der Waals surface area (Å²) in [6.45, 7) is 1.79. The van der Waals surface area contributed by atoms with Crippen molar-refractivity contribution in [3.05, 3.63) is 35.1 Å². The van der Waals surface area contributed by atoms with Crippen LogP contribution in [0, 0.1) is 5.82 Å². The van der Waals surface area contributed by atoms with E-state index < -0.39 is 0 Å². The molecule has 0 spiro atoms. The van der Waals surface area contributed by atoms with E-state index in [-0.39, 0.29) is 24.3 Å². The quantitative estimate of drug-likeness (QED) is 0.853. The summed E-state index contributed by atoms with van der Waals surface area (Å²) >= 11 is 1.23. The summed E-state index contributed by atoms with van der Waals surface area (Å²) in [5.41, 5.74) is 1.92. The Kier molecular flexibility index (Phi) is 5.18. The lowest BCUT2D eigenvalue weighted by Gasteiger charge is -2.17. The lowest BCUT2D eigenvalue weighted by atomic mass is 10.1. The summed E-state index contributed by atoms with van der Waals surface area (Å²) < 4.78 is 19.0. The zero-order valence-corrected chi connectivity index (χ0v) is 12.4. The Morgan fingerprint density at radius 1 is 1.52 bits per heavy atom. The molecule has 1 atom stereocenters. The molecule has 0 aliphatic carbocycles. The number of nitrogens with zero attached hydrogens (tertiary/aromatic N) is 2. The highest BCUT2D eigenvalue weighted by molar-refractivity contribution is 7.13. The Balaban J connectivity index is 1.95. The minimum absolute atomic E-state index is 0.0260. The molecule has 1 aromatic heterocycles. The summed E-state index contributed by atoms with van der Waals surface area (Å²) in [4.78, 5) is 11.7. The maximum absolute atomic E-state index is 13.9. The summed E-state index contributed by atoms with van der Waals surface area (Å²) in [6.07, 6.45) is 0. The van der Waals surface area contributed by atoms with Gasteiger partial charge in [-0.2, -0.15) is 0 Å². The number of benzene rings is 1. The fraction of sp³-hybridized carbons (Fsp3) is 0.308. The number of carbonyl (C=O) groups is 1. The van der Waals surface area contributed by atoms with Gasteiger partial charge in [-0.05, 0) is 19.1 Å². The van der Waals surface area contributed by atoms with Gasteiger partial charge in [-0.25, -0.2) is 4.39 Å². The summed E-state index contributed by atoms with van der Waals surface area (Å²) in [6, 6.07) is 4.24. The van der Waals surface area contributed by atoms with Crippen molar-refractivity contribution in [1.82, 2.24) is 15.5 Å². The van der Waals surface area contributed by atoms with Crippen molar-refractivity contribution in [2.45, 2.75) is 13.0 Å². The van der Waals surface area contributed by atoms with Gasteiger partial charge in [0.15, 0.2) is 0 Å². The molecule has 2 N–H and O–H groups in total. The van der Waals surface area contributed by atoms with Crippen LogP contribution in [0.25, 0.3) is 0 Å². The third kappa shape index (κ3) is 3.96. The van der Waals surface area contributed by atoms with Crippen LogP contribution < -0.4 is 15.4 Å². The number of nitrogens with one attached hydrogen (secondary N) is 2. The van der Waals surface area contributed by atoms with Crippen LogP contribution >= 0.6 is 11.3 Å². The molecule has 0 aliphatic rings. The van der Waals surface area contributed by atoms with Crippen LogP contribution in [0.3, 0.4) is 0 Å². The van der Waals surface area contributed by atoms with E-state index in [0.717, 1.165) is 0 Å². The molecule has 112 valence electrons. The van der Waals surface area contributed by atoms with Crippen molar-refractivity contribution in [3.8, 4) is 5.75 Å². The number of methoxy groups -OCH3 is 1. The van der Waals surface area contributed by atoms with Gasteiger partial charge in [0.25, 0.3) is 0 Å². The molecule has 2 aromatic rings. The van der Waals surface area contributed by atoms with Gasteiger partial charge < -0.3 is 10.1 Å². The van der Waals surface area contributed by atoms with Crippen molar-refractivity contribution in [2.75, 3.05) is 19.0 Å². The second kappa shape index (κ2) is 7.09. The number of amides is 1. The first-order chi connectivity index (χ1) is 10.1. The predicted octanol–water partition coefficient (Wildman–Crippen LogP) is 1.98. The van der Waals surface area contributed by atoms with Crippen LogP contribution in [-0.4, -0.2) is 29.8 Å². The number of ether oxygens (including phenoxy) is 1. The SMILES string of the molecule is COc1cccc(F)c1[C@H](C)NCC(=O)Nc1nncs1. The van der Waals surface area contributed by atoms with Gasteiger partial charge >= 0.3 is 0 Å². The molecular formula is C13H15FN4O2S. The van der Waals surface area contributed by atoms with E-state index >= 15 is 0 Å². The standard InChI is InChI=1S/C13H15FN4O2S/c1-8(12-9(14)4-3-5-10(12)20-2)15-6-11(19)17-13-18-16-7-21-13/h3-5,7-8,15H,6H2,1-2H3,(H,17,18,19)/t8-/m0/s1. The average molecular weight is 310 g/mol. The van der Waals surface area contributed by atoms with E-state index in [9.17, 15) is 9.18 Å². The first-order valence-corrected chi connectivity index (χ1v) is 7.11. The number of aromatic nitrogens is 2. The predicted molar refractivity (Wildman–Crippen MR) is 77.9 cm³/mol. The molecule has 0 unspecified atom stereocenters. The molecule has 0 aliphatic heterocycles. The molecule has 8 heteroatoms. The molecule has 0 saturated heterocycles. The Morgan fingerprint density at radius 2 is 2.33 bits per heavy atom. The molecule has 6 nitrogen and oxygen atoms in total. The molecule has 1 amide bonds. The van der Waals surface area contributed by atoms with E-state index in [1.54, 1.807) is 19.1 Å². The lowest BCUT2D eigenvalue weighted by Crippen LogP contribution is -2.30. The summed E-state index contributed by atoms with van der Waals surface area (Å²) in [5.74, 6) is -0.202. The number of hydrogen-bond donors (Lipinski definition) is 2. The van der Waals surface area contributed by atoms with Crippen molar-refractivity contribution < 1.29 is 13.9 Å². The average Bonchev–Trinajstić information content (AvgIpc) is 2.97. The van der Waals surface area contributed by atoms with Crippen molar-refractivity contribution in [1.29, 1.82) is 0 Å². The van der Waals surface area contributed by atoms with E-state index in [0.29, 0.717) is 16.4 Å². The molecule has 0 bridgehead atoms. The second-order valence-electron chi connectivity index (χ2n) is 4.25. The maximum atomic E-state index is 13.9. The van der Waals surface area contributed by atoms with Crippen LogP contribution in [0.15, 0.2) is 23.7 Å². The Bertz CT molecular complexity index is 606. The minimum Gasteiger partial charge on any atom is -0.496 e.